The third-order valence-corrected chi connectivity index (χ3v) is 5.15. The molecule has 2 aliphatic heterocycles. The number of rotatable bonds is 2. The highest BCUT2D eigenvalue weighted by atomic mass is 16.2. The van der Waals surface area contributed by atoms with Crippen LogP contribution in [0.2, 0.25) is 0 Å². The molecule has 0 saturated carbocycles. The molecule has 3 heteroatoms. The summed E-state index contributed by atoms with van der Waals surface area (Å²) < 4.78 is 0. The molecular formula is C17H26N2O. The van der Waals surface area contributed by atoms with Gasteiger partial charge in [-0.2, -0.15) is 0 Å². The lowest BCUT2D eigenvalue weighted by Gasteiger charge is -2.38. The summed E-state index contributed by atoms with van der Waals surface area (Å²) >= 11 is 0. The van der Waals surface area contributed by atoms with E-state index in [0.29, 0.717) is 18.4 Å². The Morgan fingerprint density at radius 3 is 2.75 bits per heavy atom. The van der Waals surface area contributed by atoms with E-state index in [4.69, 9.17) is 0 Å². The maximum Gasteiger partial charge on any atom is 0.227 e. The van der Waals surface area contributed by atoms with Gasteiger partial charge in [-0.3, -0.25) is 4.79 Å². The minimum atomic E-state index is 0.358. The molecule has 2 heterocycles. The molecule has 0 atom stereocenters. The summed E-state index contributed by atoms with van der Waals surface area (Å²) in [5, 5.41) is 0. The van der Waals surface area contributed by atoms with Gasteiger partial charge in [-0.15, -0.1) is 0 Å². The number of hydrogen-bond donors (Lipinski definition) is 0. The van der Waals surface area contributed by atoms with Gasteiger partial charge in [-0.05, 0) is 44.2 Å². The Kier molecular flexibility index (Phi) is 4.25. The van der Waals surface area contributed by atoms with Crippen molar-refractivity contribution in [2.24, 2.45) is 0 Å². The van der Waals surface area contributed by atoms with Crippen molar-refractivity contribution in [1.29, 1.82) is 0 Å². The largest absolute Gasteiger partial charge is 0.339 e. The molecule has 0 N–H and O–H groups in total. The molecular weight excluding hydrogens is 248 g/mol. The third kappa shape index (κ3) is 2.83. The number of amides is 1. The highest BCUT2D eigenvalue weighted by molar-refractivity contribution is 5.80. The molecule has 0 unspecified atom stereocenters. The second kappa shape index (κ2) is 6.13. The van der Waals surface area contributed by atoms with Gasteiger partial charge in [0, 0.05) is 25.7 Å². The van der Waals surface area contributed by atoms with Crippen LogP contribution in [0.3, 0.4) is 0 Å². The topological polar surface area (TPSA) is 23.6 Å². The van der Waals surface area contributed by atoms with Gasteiger partial charge in [0.25, 0.3) is 0 Å². The first-order chi connectivity index (χ1) is 9.78. The van der Waals surface area contributed by atoms with Crippen LogP contribution in [0.1, 0.15) is 45.4 Å². The molecule has 1 fully saturated rings. The predicted molar refractivity (Wildman–Crippen MR) is 81.5 cm³/mol. The summed E-state index contributed by atoms with van der Waals surface area (Å²) in [4.78, 5) is 17.2. The summed E-state index contributed by atoms with van der Waals surface area (Å²) in [5.41, 5.74) is 2.85. The van der Waals surface area contributed by atoms with Crippen LogP contribution < -0.4 is 0 Å². The van der Waals surface area contributed by atoms with Crippen molar-refractivity contribution in [3.8, 4) is 0 Å². The van der Waals surface area contributed by atoms with E-state index in [0.717, 1.165) is 51.9 Å². The molecule has 0 radical (unpaired) electrons. The molecule has 1 aliphatic carbocycles. The average molecular weight is 274 g/mol. The fourth-order valence-corrected chi connectivity index (χ4v) is 3.81. The number of piperidine rings is 1. The van der Waals surface area contributed by atoms with Crippen LogP contribution in [0.15, 0.2) is 23.3 Å². The van der Waals surface area contributed by atoms with Crippen LogP contribution in [0.5, 0.6) is 0 Å². The van der Waals surface area contributed by atoms with Crippen molar-refractivity contribution in [3.05, 3.63) is 23.3 Å². The SMILES string of the molecule is CCN1CCC(N2CCC3=C(C=CCC3)CC2=O)CC1. The van der Waals surface area contributed by atoms with Gasteiger partial charge in [0.15, 0.2) is 0 Å². The van der Waals surface area contributed by atoms with Crippen LogP contribution in [0.4, 0.5) is 0 Å². The number of carbonyl (C=O) groups excluding carboxylic acids is 1. The van der Waals surface area contributed by atoms with E-state index < -0.39 is 0 Å². The molecule has 0 bridgehead atoms. The summed E-state index contributed by atoms with van der Waals surface area (Å²) in [7, 11) is 0. The standard InChI is InChI=1S/C17H26N2O/c1-2-18-10-8-16(9-11-18)19-12-7-14-5-3-4-6-15(14)13-17(19)20/h4,6,16H,2-3,5,7-13H2,1H3. The normalized spacial score (nSPS) is 25.9. The summed E-state index contributed by atoms with van der Waals surface area (Å²) in [6, 6.07) is 0.482. The number of likely N-dealkylation sites (tertiary alicyclic amines) is 1. The lowest BCUT2D eigenvalue weighted by molar-refractivity contribution is -0.133. The lowest BCUT2D eigenvalue weighted by Crippen LogP contribution is -2.47. The molecule has 0 aromatic rings. The lowest BCUT2D eigenvalue weighted by atomic mass is 9.94. The van der Waals surface area contributed by atoms with Crippen molar-refractivity contribution in [2.45, 2.75) is 51.5 Å². The van der Waals surface area contributed by atoms with E-state index in [2.05, 4.69) is 28.9 Å². The zero-order chi connectivity index (χ0) is 13.9. The maximum absolute atomic E-state index is 12.6. The van der Waals surface area contributed by atoms with Crippen molar-refractivity contribution in [1.82, 2.24) is 9.80 Å². The van der Waals surface area contributed by atoms with Gasteiger partial charge in [0.2, 0.25) is 5.91 Å². The second-order valence-corrected chi connectivity index (χ2v) is 6.25. The molecule has 0 aromatic heterocycles. The van der Waals surface area contributed by atoms with Crippen molar-refractivity contribution in [3.63, 3.8) is 0 Å². The Labute approximate surface area is 122 Å². The summed E-state index contributed by atoms with van der Waals surface area (Å²) in [6.07, 6.45) is 10.8. The Bertz CT molecular complexity index is 430. The molecule has 3 aliphatic rings. The van der Waals surface area contributed by atoms with Crippen LogP contribution in [0, 0.1) is 0 Å². The Hall–Kier alpha value is -1.09. The quantitative estimate of drug-likeness (QED) is 0.773. The van der Waals surface area contributed by atoms with E-state index in [1.165, 1.54) is 17.6 Å². The van der Waals surface area contributed by atoms with E-state index in [-0.39, 0.29) is 0 Å². The zero-order valence-electron chi connectivity index (χ0n) is 12.6. The van der Waals surface area contributed by atoms with Crippen molar-refractivity contribution in [2.75, 3.05) is 26.2 Å². The fourth-order valence-electron chi connectivity index (χ4n) is 3.81. The zero-order valence-corrected chi connectivity index (χ0v) is 12.6. The van der Waals surface area contributed by atoms with Gasteiger partial charge in [-0.25, -0.2) is 0 Å². The van der Waals surface area contributed by atoms with Gasteiger partial charge in [0.05, 0.1) is 6.42 Å². The van der Waals surface area contributed by atoms with Crippen LogP contribution >= 0.6 is 0 Å². The molecule has 0 spiro atoms. The van der Waals surface area contributed by atoms with E-state index in [9.17, 15) is 4.79 Å². The highest BCUT2D eigenvalue weighted by Crippen LogP contribution is 2.30. The van der Waals surface area contributed by atoms with Crippen LogP contribution in [0.25, 0.3) is 0 Å². The van der Waals surface area contributed by atoms with Gasteiger partial charge < -0.3 is 9.80 Å². The molecule has 110 valence electrons. The molecule has 1 amide bonds. The number of carbonyl (C=O) groups is 1. The fraction of sp³-hybridized carbons (Fsp3) is 0.706. The van der Waals surface area contributed by atoms with Crippen LogP contribution in [-0.4, -0.2) is 47.9 Å². The predicted octanol–water partition coefficient (Wildman–Crippen LogP) is 2.74. The van der Waals surface area contributed by atoms with Gasteiger partial charge in [-0.1, -0.05) is 24.6 Å². The van der Waals surface area contributed by atoms with Gasteiger partial charge >= 0.3 is 0 Å². The molecule has 0 aromatic carbocycles. The minimum absolute atomic E-state index is 0.358. The Morgan fingerprint density at radius 1 is 1.20 bits per heavy atom. The summed E-state index contributed by atoms with van der Waals surface area (Å²) in [6.45, 7) is 6.61. The summed E-state index contributed by atoms with van der Waals surface area (Å²) in [5.74, 6) is 0.358. The number of allylic oxidation sites excluding steroid dienone is 2. The minimum Gasteiger partial charge on any atom is -0.339 e. The van der Waals surface area contributed by atoms with E-state index >= 15 is 0 Å². The first-order valence-electron chi connectivity index (χ1n) is 8.17. The monoisotopic (exact) mass is 274 g/mol. The maximum atomic E-state index is 12.6. The first kappa shape index (κ1) is 13.9. The van der Waals surface area contributed by atoms with Crippen molar-refractivity contribution >= 4 is 5.91 Å². The number of hydrogen-bond acceptors (Lipinski definition) is 2. The first-order valence-corrected chi connectivity index (χ1v) is 8.17. The third-order valence-electron chi connectivity index (χ3n) is 5.15. The van der Waals surface area contributed by atoms with Crippen LogP contribution in [-0.2, 0) is 4.79 Å². The van der Waals surface area contributed by atoms with E-state index in [1.54, 1.807) is 0 Å². The molecule has 3 nitrogen and oxygen atoms in total. The Morgan fingerprint density at radius 2 is 2.00 bits per heavy atom. The molecule has 20 heavy (non-hydrogen) atoms. The van der Waals surface area contributed by atoms with E-state index in [1.807, 2.05) is 0 Å². The molecule has 3 rings (SSSR count). The smallest absolute Gasteiger partial charge is 0.227 e. The average Bonchev–Trinajstić information content (AvgIpc) is 2.66. The molecule has 1 saturated heterocycles. The van der Waals surface area contributed by atoms with Gasteiger partial charge in [0.1, 0.15) is 0 Å². The highest BCUT2D eigenvalue weighted by Gasteiger charge is 2.30. The van der Waals surface area contributed by atoms with Crippen molar-refractivity contribution < 1.29 is 4.79 Å². The number of nitrogens with zero attached hydrogens (tertiary/aromatic N) is 2. The second-order valence-electron chi connectivity index (χ2n) is 6.25. The Balaban J connectivity index is 1.65.